The maximum Gasteiger partial charge on any atom is 0.223 e. The SMILES string of the molecule is CCC(C(N)=S)S(=O)(=O)N(C)C(C)Cc1cccs1. The molecule has 0 aliphatic heterocycles. The quantitative estimate of drug-likeness (QED) is 0.781. The molecule has 1 aromatic heterocycles. The third-order valence-electron chi connectivity index (χ3n) is 3.15. The van der Waals surface area contributed by atoms with Crippen molar-refractivity contribution in [3.05, 3.63) is 22.4 Å². The second kappa shape index (κ2) is 6.78. The van der Waals surface area contributed by atoms with E-state index in [9.17, 15) is 8.42 Å². The summed E-state index contributed by atoms with van der Waals surface area (Å²) in [6.45, 7) is 3.67. The molecule has 0 aliphatic rings. The van der Waals surface area contributed by atoms with E-state index < -0.39 is 15.3 Å². The molecule has 2 N–H and O–H groups in total. The Kier molecular flexibility index (Phi) is 5.91. The van der Waals surface area contributed by atoms with Gasteiger partial charge in [0, 0.05) is 18.0 Å². The lowest BCUT2D eigenvalue weighted by molar-refractivity contribution is 0.385. The second-order valence-electron chi connectivity index (χ2n) is 4.49. The number of nitrogens with two attached hydrogens (primary N) is 1. The average molecular weight is 321 g/mol. The van der Waals surface area contributed by atoms with Crippen molar-refractivity contribution in [1.82, 2.24) is 4.31 Å². The van der Waals surface area contributed by atoms with Crippen LogP contribution in [0.1, 0.15) is 25.1 Å². The minimum atomic E-state index is -3.48. The van der Waals surface area contributed by atoms with Gasteiger partial charge in [0.05, 0.1) is 4.99 Å². The lowest BCUT2D eigenvalue weighted by atomic mass is 10.2. The molecule has 2 atom stereocenters. The Morgan fingerprint density at radius 3 is 2.63 bits per heavy atom. The summed E-state index contributed by atoms with van der Waals surface area (Å²) in [6.07, 6.45) is 1.09. The largest absolute Gasteiger partial charge is 0.392 e. The van der Waals surface area contributed by atoms with Gasteiger partial charge in [0.15, 0.2) is 0 Å². The van der Waals surface area contributed by atoms with Gasteiger partial charge >= 0.3 is 0 Å². The number of nitrogens with zero attached hydrogens (tertiary/aromatic N) is 1. The van der Waals surface area contributed by atoms with Gasteiger partial charge in [-0.3, -0.25) is 0 Å². The van der Waals surface area contributed by atoms with Crippen LogP contribution < -0.4 is 5.73 Å². The van der Waals surface area contributed by atoms with Crippen molar-refractivity contribution >= 4 is 38.6 Å². The van der Waals surface area contributed by atoms with Crippen LogP contribution in [0.4, 0.5) is 0 Å². The van der Waals surface area contributed by atoms with Crippen LogP contribution in [0.2, 0.25) is 0 Å². The normalized spacial score (nSPS) is 15.4. The van der Waals surface area contributed by atoms with E-state index in [0.29, 0.717) is 12.8 Å². The van der Waals surface area contributed by atoms with Crippen LogP contribution in [0.25, 0.3) is 0 Å². The van der Waals surface area contributed by atoms with Gasteiger partial charge in [-0.05, 0) is 31.2 Å². The molecular weight excluding hydrogens is 300 g/mol. The summed E-state index contributed by atoms with van der Waals surface area (Å²) in [4.78, 5) is 1.20. The van der Waals surface area contributed by atoms with Crippen LogP contribution in [-0.2, 0) is 16.4 Å². The number of hydrogen-bond acceptors (Lipinski definition) is 4. The molecule has 0 fully saturated rings. The first-order valence-corrected chi connectivity index (χ1v) is 8.88. The number of likely N-dealkylation sites (N-methyl/N-ethyl adjacent to an activating group) is 1. The molecule has 7 heteroatoms. The molecule has 0 bridgehead atoms. The Bertz CT molecular complexity index is 511. The number of hydrogen-bond donors (Lipinski definition) is 1. The van der Waals surface area contributed by atoms with Gasteiger partial charge in [-0.25, -0.2) is 12.7 Å². The van der Waals surface area contributed by atoms with Crippen LogP contribution in [0.15, 0.2) is 17.5 Å². The van der Waals surface area contributed by atoms with E-state index in [2.05, 4.69) is 0 Å². The monoisotopic (exact) mass is 320 g/mol. The first-order chi connectivity index (χ1) is 8.80. The molecule has 0 amide bonds. The van der Waals surface area contributed by atoms with E-state index in [1.165, 1.54) is 4.31 Å². The van der Waals surface area contributed by atoms with Gasteiger partial charge in [0.1, 0.15) is 5.25 Å². The van der Waals surface area contributed by atoms with E-state index in [-0.39, 0.29) is 11.0 Å². The first-order valence-electron chi connectivity index (χ1n) is 6.09. The van der Waals surface area contributed by atoms with Gasteiger partial charge in [-0.1, -0.05) is 25.2 Å². The highest BCUT2D eigenvalue weighted by Crippen LogP contribution is 2.19. The lowest BCUT2D eigenvalue weighted by Crippen LogP contribution is -2.46. The van der Waals surface area contributed by atoms with Gasteiger partial charge < -0.3 is 5.73 Å². The van der Waals surface area contributed by atoms with E-state index in [1.54, 1.807) is 25.3 Å². The Hall–Kier alpha value is -0.500. The van der Waals surface area contributed by atoms with E-state index >= 15 is 0 Å². The molecule has 0 radical (unpaired) electrons. The van der Waals surface area contributed by atoms with Crippen molar-refractivity contribution < 1.29 is 8.42 Å². The predicted octanol–water partition coefficient (Wildman–Crippen LogP) is 2.01. The molecule has 108 valence electrons. The highest BCUT2D eigenvalue weighted by Gasteiger charge is 2.33. The van der Waals surface area contributed by atoms with Crippen LogP contribution in [0, 0.1) is 0 Å². The summed E-state index contributed by atoms with van der Waals surface area (Å²) in [5.74, 6) is 0. The van der Waals surface area contributed by atoms with E-state index in [4.69, 9.17) is 18.0 Å². The van der Waals surface area contributed by atoms with Crippen LogP contribution in [0.5, 0.6) is 0 Å². The number of sulfonamides is 1. The first kappa shape index (κ1) is 16.6. The topological polar surface area (TPSA) is 63.4 Å². The number of thiocarbonyl (C=S) groups is 1. The lowest BCUT2D eigenvalue weighted by Gasteiger charge is -2.27. The molecule has 1 heterocycles. The minimum absolute atomic E-state index is 0.0395. The van der Waals surface area contributed by atoms with E-state index in [0.717, 1.165) is 4.88 Å². The molecule has 0 spiro atoms. The summed E-state index contributed by atoms with van der Waals surface area (Å²) in [5, 5.41) is 1.21. The van der Waals surface area contributed by atoms with Crippen molar-refractivity contribution in [2.45, 2.75) is 38.0 Å². The summed E-state index contributed by atoms with van der Waals surface area (Å²) in [5.41, 5.74) is 5.53. The molecule has 19 heavy (non-hydrogen) atoms. The molecule has 0 saturated carbocycles. The predicted molar refractivity (Wildman–Crippen MR) is 85.0 cm³/mol. The summed E-state index contributed by atoms with van der Waals surface area (Å²) < 4.78 is 26.3. The molecule has 0 aliphatic carbocycles. The molecule has 2 unspecified atom stereocenters. The Labute approximate surface area is 124 Å². The van der Waals surface area contributed by atoms with Crippen molar-refractivity contribution in [2.24, 2.45) is 5.73 Å². The third-order valence-corrected chi connectivity index (χ3v) is 6.95. The van der Waals surface area contributed by atoms with Crippen LogP contribution in [-0.4, -0.2) is 36.1 Å². The summed E-state index contributed by atoms with van der Waals surface area (Å²) >= 11 is 6.49. The zero-order valence-corrected chi connectivity index (χ0v) is 13.8. The Morgan fingerprint density at radius 2 is 2.21 bits per heavy atom. The van der Waals surface area contributed by atoms with Crippen molar-refractivity contribution in [3.63, 3.8) is 0 Å². The molecule has 0 saturated heterocycles. The maximum atomic E-state index is 12.4. The summed E-state index contributed by atoms with van der Waals surface area (Å²) in [6, 6.07) is 3.85. The molecule has 1 aromatic rings. The minimum Gasteiger partial charge on any atom is -0.392 e. The Balaban J connectivity index is 2.85. The van der Waals surface area contributed by atoms with Gasteiger partial charge in [0.2, 0.25) is 10.0 Å². The zero-order valence-electron chi connectivity index (χ0n) is 11.4. The number of thiophene rings is 1. The fraction of sp³-hybridized carbons (Fsp3) is 0.583. The van der Waals surface area contributed by atoms with Gasteiger partial charge in [0.25, 0.3) is 0 Å². The molecule has 1 rings (SSSR count). The van der Waals surface area contributed by atoms with E-state index in [1.807, 2.05) is 24.4 Å². The zero-order chi connectivity index (χ0) is 14.6. The third kappa shape index (κ3) is 3.98. The highest BCUT2D eigenvalue weighted by molar-refractivity contribution is 7.92. The van der Waals surface area contributed by atoms with Crippen molar-refractivity contribution in [1.29, 1.82) is 0 Å². The van der Waals surface area contributed by atoms with Gasteiger partial charge in [-0.2, -0.15) is 0 Å². The average Bonchev–Trinajstić information content (AvgIpc) is 2.80. The van der Waals surface area contributed by atoms with Crippen LogP contribution in [0.3, 0.4) is 0 Å². The van der Waals surface area contributed by atoms with Crippen LogP contribution >= 0.6 is 23.6 Å². The smallest absolute Gasteiger partial charge is 0.223 e. The fourth-order valence-electron chi connectivity index (χ4n) is 1.86. The Morgan fingerprint density at radius 1 is 1.58 bits per heavy atom. The van der Waals surface area contributed by atoms with Crippen molar-refractivity contribution in [2.75, 3.05) is 7.05 Å². The molecular formula is C12H20N2O2S3. The second-order valence-corrected chi connectivity index (χ2v) is 8.17. The number of rotatable bonds is 7. The molecule has 0 aromatic carbocycles. The fourth-order valence-corrected chi connectivity index (χ4v) is 4.91. The summed E-state index contributed by atoms with van der Waals surface area (Å²) in [7, 11) is -1.89. The highest BCUT2D eigenvalue weighted by atomic mass is 32.2. The van der Waals surface area contributed by atoms with Gasteiger partial charge in [-0.15, -0.1) is 11.3 Å². The standard InChI is InChI=1S/C12H20N2O2S3/c1-4-11(12(13)17)19(15,16)14(3)9(2)8-10-6-5-7-18-10/h5-7,9,11H,4,8H2,1-3H3,(H2,13,17). The maximum absolute atomic E-state index is 12.4. The molecule has 4 nitrogen and oxygen atoms in total. The van der Waals surface area contributed by atoms with Crippen molar-refractivity contribution in [3.8, 4) is 0 Å².